The fourth-order valence-corrected chi connectivity index (χ4v) is 5.15. The molecule has 25 heavy (non-hydrogen) atoms. The molecule has 7 heteroatoms. The summed E-state index contributed by atoms with van der Waals surface area (Å²) >= 11 is 3.45. The number of carboxylic acid groups (broad SMARTS) is 1. The molecule has 1 fully saturated rings. The largest absolute Gasteiger partial charge is 0.481 e. The molecule has 0 saturated carbocycles. The smallest absolute Gasteiger partial charge is 0.305 e. The van der Waals surface area contributed by atoms with Gasteiger partial charge in [-0.2, -0.15) is 11.8 Å². The predicted octanol–water partition coefficient (Wildman–Crippen LogP) is 3.43. The summed E-state index contributed by atoms with van der Waals surface area (Å²) in [5.41, 5.74) is 1.04. The first-order valence-electron chi connectivity index (χ1n) is 8.57. The van der Waals surface area contributed by atoms with Gasteiger partial charge in [0.1, 0.15) is 0 Å². The van der Waals surface area contributed by atoms with Crippen LogP contribution in [-0.2, 0) is 16.0 Å². The Kier molecular flexibility index (Phi) is 6.31. The summed E-state index contributed by atoms with van der Waals surface area (Å²) in [6, 6.07) is 7.96. The van der Waals surface area contributed by atoms with Gasteiger partial charge in [-0.15, -0.1) is 11.3 Å². The fraction of sp³-hybridized carbons (Fsp3) is 0.500. The average Bonchev–Trinajstić information content (AvgIpc) is 3.01. The van der Waals surface area contributed by atoms with Gasteiger partial charge < -0.3 is 10.0 Å². The van der Waals surface area contributed by atoms with E-state index in [1.165, 1.54) is 4.70 Å². The first kappa shape index (κ1) is 18.2. The first-order valence-corrected chi connectivity index (χ1v) is 10.5. The number of amides is 1. The maximum Gasteiger partial charge on any atom is 0.305 e. The average molecular weight is 379 g/mol. The zero-order valence-corrected chi connectivity index (χ0v) is 15.7. The number of benzene rings is 1. The SMILES string of the molecule is O=C(O)CC1CSCCN1C(=O)CCCCc1nc2ccccc2s1. The van der Waals surface area contributed by atoms with E-state index in [0.717, 1.165) is 41.3 Å². The van der Waals surface area contributed by atoms with Crippen molar-refractivity contribution in [1.29, 1.82) is 0 Å². The van der Waals surface area contributed by atoms with E-state index in [2.05, 4.69) is 11.1 Å². The van der Waals surface area contributed by atoms with Gasteiger partial charge in [-0.1, -0.05) is 12.1 Å². The Labute approximate surface area is 155 Å². The molecule has 1 amide bonds. The van der Waals surface area contributed by atoms with Crippen molar-refractivity contribution in [1.82, 2.24) is 9.88 Å². The lowest BCUT2D eigenvalue weighted by Crippen LogP contribution is -2.47. The van der Waals surface area contributed by atoms with Gasteiger partial charge in [0.05, 0.1) is 27.7 Å². The van der Waals surface area contributed by atoms with Crippen LogP contribution in [0.5, 0.6) is 0 Å². The van der Waals surface area contributed by atoms with Gasteiger partial charge >= 0.3 is 5.97 Å². The van der Waals surface area contributed by atoms with Crippen LogP contribution in [0.2, 0.25) is 0 Å². The van der Waals surface area contributed by atoms with E-state index in [9.17, 15) is 9.59 Å². The van der Waals surface area contributed by atoms with Crippen molar-refractivity contribution in [2.45, 2.75) is 38.1 Å². The van der Waals surface area contributed by atoms with Crippen LogP contribution >= 0.6 is 23.1 Å². The van der Waals surface area contributed by atoms with Crippen molar-refractivity contribution < 1.29 is 14.7 Å². The number of aromatic nitrogens is 1. The number of aliphatic carboxylic acids is 1. The molecule has 2 heterocycles. The first-order chi connectivity index (χ1) is 12.1. The number of carboxylic acids is 1. The van der Waals surface area contributed by atoms with Gasteiger partial charge in [0, 0.05) is 24.5 Å². The van der Waals surface area contributed by atoms with Gasteiger partial charge in [0.25, 0.3) is 0 Å². The highest BCUT2D eigenvalue weighted by atomic mass is 32.2. The molecule has 1 unspecified atom stereocenters. The molecular formula is C18H22N2O3S2. The van der Waals surface area contributed by atoms with Gasteiger partial charge in [-0.3, -0.25) is 9.59 Å². The third-order valence-electron chi connectivity index (χ3n) is 4.33. The molecule has 1 aromatic heterocycles. The minimum absolute atomic E-state index is 0.0461. The number of unbranched alkanes of at least 4 members (excludes halogenated alkanes) is 1. The highest BCUT2D eigenvalue weighted by Crippen LogP contribution is 2.24. The summed E-state index contributed by atoms with van der Waals surface area (Å²) in [6.45, 7) is 0.666. The molecule has 2 aromatic rings. The molecule has 0 radical (unpaired) electrons. The lowest BCUT2D eigenvalue weighted by molar-refractivity contribution is -0.140. The Morgan fingerprint density at radius 2 is 2.12 bits per heavy atom. The molecule has 1 aliphatic heterocycles. The molecule has 3 rings (SSSR count). The second-order valence-corrected chi connectivity index (χ2v) is 8.46. The number of nitrogens with zero attached hydrogens (tertiary/aromatic N) is 2. The molecule has 0 spiro atoms. The Morgan fingerprint density at radius 3 is 2.92 bits per heavy atom. The van der Waals surface area contributed by atoms with Gasteiger partial charge in [-0.05, 0) is 31.4 Å². The molecule has 0 bridgehead atoms. The van der Waals surface area contributed by atoms with E-state index in [1.807, 2.05) is 18.2 Å². The third kappa shape index (κ3) is 4.95. The zero-order chi connectivity index (χ0) is 17.6. The number of carbonyl (C=O) groups is 2. The van der Waals surface area contributed by atoms with Crippen LogP contribution in [0.15, 0.2) is 24.3 Å². The topological polar surface area (TPSA) is 70.5 Å². The monoisotopic (exact) mass is 378 g/mol. The number of hydrogen-bond donors (Lipinski definition) is 1. The van der Waals surface area contributed by atoms with Gasteiger partial charge in [0.2, 0.25) is 5.91 Å². The van der Waals surface area contributed by atoms with Crippen molar-refractivity contribution in [3.63, 3.8) is 0 Å². The quantitative estimate of drug-likeness (QED) is 0.748. The number of carbonyl (C=O) groups excluding carboxylic acids is 1. The summed E-state index contributed by atoms with van der Waals surface area (Å²) in [5.74, 6) is 0.883. The van der Waals surface area contributed by atoms with Gasteiger partial charge in [0.15, 0.2) is 0 Å². The predicted molar refractivity (Wildman–Crippen MR) is 102 cm³/mol. The number of thioether (sulfide) groups is 1. The van der Waals surface area contributed by atoms with Crippen LogP contribution in [0, 0.1) is 0 Å². The molecule has 1 aromatic carbocycles. The van der Waals surface area contributed by atoms with E-state index in [0.29, 0.717) is 13.0 Å². The lowest BCUT2D eigenvalue weighted by atomic mass is 10.1. The second-order valence-electron chi connectivity index (χ2n) is 6.20. The summed E-state index contributed by atoms with van der Waals surface area (Å²) in [6.07, 6.45) is 3.17. The molecule has 1 aliphatic rings. The van der Waals surface area contributed by atoms with E-state index >= 15 is 0 Å². The zero-order valence-electron chi connectivity index (χ0n) is 14.0. The van der Waals surface area contributed by atoms with Crippen LogP contribution in [0.1, 0.15) is 30.7 Å². The van der Waals surface area contributed by atoms with Crippen LogP contribution in [0.3, 0.4) is 0 Å². The fourth-order valence-electron chi connectivity index (χ4n) is 3.08. The van der Waals surface area contributed by atoms with Crippen LogP contribution in [0.25, 0.3) is 10.2 Å². The number of rotatable bonds is 7. The maximum atomic E-state index is 12.5. The van der Waals surface area contributed by atoms with Crippen molar-refractivity contribution in [2.24, 2.45) is 0 Å². The Hall–Kier alpha value is -1.60. The summed E-state index contributed by atoms with van der Waals surface area (Å²) < 4.78 is 1.20. The second kappa shape index (κ2) is 8.67. The number of fused-ring (bicyclic) bond motifs is 1. The Balaban J connectivity index is 1.45. The van der Waals surface area contributed by atoms with E-state index < -0.39 is 5.97 Å². The summed E-state index contributed by atoms with van der Waals surface area (Å²) in [5, 5.41) is 10.1. The summed E-state index contributed by atoms with van der Waals surface area (Å²) in [4.78, 5) is 29.8. The molecular weight excluding hydrogens is 356 g/mol. The van der Waals surface area contributed by atoms with E-state index in [-0.39, 0.29) is 18.4 Å². The molecule has 5 nitrogen and oxygen atoms in total. The number of thiazole rings is 1. The van der Waals surface area contributed by atoms with E-state index in [4.69, 9.17) is 5.11 Å². The lowest BCUT2D eigenvalue weighted by Gasteiger charge is -2.34. The summed E-state index contributed by atoms with van der Waals surface area (Å²) in [7, 11) is 0. The standard InChI is InChI=1S/C18H22N2O3S2/c21-17(20-9-10-24-12-13(20)11-18(22)23)8-4-3-7-16-19-14-5-1-2-6-15(14)25-16/h1-2,5-6,13H,3-4,7-12H2,(H,22,23). The molecule has 134 valence electrons. The van der Waals surface area contributed by atoms with Crippen LogP contribution in [0.4, 0.5) is 0 Å². The highest BCUT2D eigenvalue weighted by Gasteiger charge is 2.28. The Bertz CT molecular complexity index is 714. The number of aryl methyl sites for hydroxylation is 1. The van der Waals surface area contributed by atoms with Crippen LogP contribution in [-0.4, -0.2) is 51.0 Å². The highest BCUT2D eigenvalue weighted by molar-refractivity contribution is 7.99. The number of para-hydroxylation sites is 1. The molecule has 1 atom stereocenters. The van der Waals surface area contributed by atoms with Crippen molar-refractivity contribution >= 4 is 45.2 Å². The minimum atomic E-state index is -0.832. The molecule has 0 aliphatic carbocycles. The van der Waals surface area contributed by atoms with Crippen molar-refractivity contribution in [3.8, 4) is 0 Å². The maximum absolute atomic E-state index is 12.5. The molecule has 1 N–H and O–H groups in total. The third-order valence-corrected chi connectivity index (χ3v) is 6.52. The van der Waals surface area contributed by atoms with Crippen molar-refractivity contribution in [2.75, 3.05) is 18.1 Å². The minimum Gasteiger partial charge on any atom is -0.481 e. The van der Waals surface area contributed by atoms with Crippen molar-refractivity contribution in [3.05, 3.63) is 29.3 Å². The van der Waals surface area contributed by atoms with Crippen LogP contribution < -0.4 is 0 Å². The van der Waals surface area contributed by atoms with Gasteiger partial charge in [-0.25, -0.2) is 4.98 Å². The van der Waals surface area contributed by atoms with E-state index in [1.54, 1.807) is 28.0 Å². The normalized spacial score (nSPS) is 17.8. The molecule has 1 saturated heterocycles. The number of hydrogen-bond acceptors (Lipinski definition) is 5. The Morgan fingerprint density at radius 1 is 1.28 bits per heavy atom.